The normalized spacial score (nSPS) is 14.9. The van der Waals surface area contributed by atoms with Gasteiger partial charge in [-0.1, -0.05) is 36.1 Å². The minimum Gasteiger partial charge on any atom is -0.493 e. The van der Waals surface area contributed by atoms with Gasteiger partial charge >= 0.3 is 5.97 Å². The maximum absolute atomic E-state index is 13.8. The number of carbonyl (C=O) groups excluding carboxylic acids is 1. The maximum Gasteiger partial charge on any atom is 0.338 e. The first-order valence-electron chi connectivity index (χ1n) is 11.6. The highest BCUT2D eigenvalue weighted by atomic mass is 32.1. The third-order valence-corrected chi connectivity index (χ3v) is 6.98. The van der Waals surface area contributed by atoms with Crippen molar-refractivity contribution in [3.05, 3.63) is 91.1 Å². The fourth-order valence-corrected chi connectivity index (χ4v) is 5.27. The first-order valence-corrected chi connectivity index (χ1v) is 12.4. The van der Waals surface area contributed by atoms with Gasteiger partial charge in [0.2, 0.25) is 0 Å². The lowest BCUT2D eigenvalue weighted by molar-refractivity contribution is -0.136. The fourth-order valence-electron chi connectivity index (χ4n) is 4.22. The summed E-state index contributed by atoms with van der Waals surface area (Å²) in [7, 11) is 5.93. The number of thiazole rings is 1. The van der Waals surface area contributed by atoms with Gasteiger partial charge < -0.3 is 23.7 Å². The van der Waals surface area contributed by atoms with Crippen LogP contribution in [0.25, 0.3) is 6.08 Å². The highest BCUT2D eigenvalue weighted by Gasteiger charge is 2.33. The number of aromatic nitrogens is 1. The number of hydrogen-bond donors (Lipinski definition) is 0. The van der Waals surface area contributed by atoms with Crippen LogP contribution in [0.5, 0.6) is 23.0 Å². The maximum atomic E-state index is 13.8. The van der Waals surface area contributed by atoms with E-state index in [1.54, 1.807) is 63.6 Å². The Hall–Kier alpha value is -4.31. The van der Waals surface area contributed by atoms with Crippen LogP contribution >= 0.6 is 11.3 Å². The summed E-state index contributed by atoms with van der Waals surface area (Å²) in [6, 6.07) is 9.87. The molecule has 9 nitrogen and oxygen atoms in total. The molecule has 2 aromatic carbocycles. The molecule has 0 spiro atoms. The summed E-state index contributed by atoms with van der Waals surface area (Å²) in [5.74, 6) is 1.52. The second-order valence-electron chi connectivity index (χ2n) is 8.20. The Balaban J connectivity index is 1.92. The van der Waals surface area contributed by atoms with Crippen molar-refractivity contribution >= 4 is 23.4 Å². The molecule has 0 bridgehead atoms. The Kier molecular flexibility index (Phi) is 8.02. The quantitative estimate of drug-likeness (QED) is 0.306. The topological polar surface area (TPSA) is 97.6 Å². The summed E-state index contributed by atoms with van der Waals surface area (Å²) >= 11 is 1.23. The molecule has 0 fully saturated rings. The Morgan fingerprint density at radius 2 is 1.71 bits per heavy atom. The van der Waals surface area contributed by atoms with Gasteiger partial charge in [-0.25, -0.2) is 9.79 Å². The molecule has 1 aliphatic rings. The zero-order valence-electron chi connectivity index (χ0n) is 21.8. The highest BCUT2D eigenvalue weighted by molar-refractivity contribution is 7.07. The number of carbonyl (C=O) groups is 1. The van der Waals surface area contributed by atoms with Crippen LogP contribution in [0.2, 0.25) is 0 Å². The molecule has 0 N–H and O–H groups in total. The molecule has 1 aliphatic heterocycles. The van der Waals surface area contributed by atoms with E-state index in [0.29, 0.717) is 50.2 Å². The number of benzene rings is 2. The highest BCUT2D eigenvalue weighted by Crippen LogP contribution is 2.36. The van der Waals surface area contributed by atoms with E-state index in [1.807, 2.05) is 6.07 Å². The molecule has 0 radical (unpaired) electrons. The van der Waals surface area contributed by atoms with Gasteiger partial charge in [0, 0.05) is 0 Å². The summed E-state index contributed by atoms with van der Waals surface area (Å²) in [4.78, 5) is 31.8. The van der Waals surface area contributed by atoms with Crippen LogP contribution in [0.15, 0.2) is 70.1 Å². The second kappa shape index (κ2) is 11.4. The van der Waals surface area contributed by atoms with Crippen molar-refractivity contribution in [1.29, 1.82) is 0 Å². The Morgan fingerprint density at radius 3 is 2.37 bits per heavy atom. The predicted octanol–water partition coefficient (Wildman–Crippen LogP) is 3.00. The lowest BCUT2D eigenvalue weighted by atomic mass is 9.95. The van der Waals surface area contributed by atoms with E-state index in [1.165, 1.54) is 30.1 Å². The molecule has 198 valence electrons. The number of allylic oxidation sites excluding steroid dienone is 1. The monoisotopic (exact) mass is 536 g/mol. The van der Waals surface area contributed by atoms with Crippen LogP contribution in [0.1, 0.15) is 24.1 Å². The van der Waals surface area contributed by atoms with Crippen molar-refractivity contribution in [2.24, 2.45) is 4.99 Å². The van der Waals surface area contributed by atoms with E-state index < -0.39 is 12.0 Å². The van der Waals surface area contributed by atoms with Crippen LogP contribution < -0.4 is 33.8 Å². The minimum atomic E-state index is -0.784. The van der Waals surface area contributed by atoms with Gasteiger partial charge in [0.25, 0.3) is 5.56 Å². The zero-order valence-corrected chi connectivity index (χ0v) is 22.6. The van der Waals surface area contributed by atoms with Crippen LogP contribution in [0.3, 0.4) is 0 Å². The number of methoxy groups -OCH3 is 4. The van der Waals surface area contributed by atoms with Crippen molar-refractivity contribution in [2.45, 2.75) is 13.0 Å². The third-order valence-electron chi connectivity index (χ3n) is 5.99. The van der Waals surface area contributed by atoms with Crippen molar-refractivity contribution in [3.63, 3.8) is 0 Å². The number of ether oxygens (including phenoxy) is 5. The molecule has 1 atom stereocenters. The molecular weight excluding hydrogens is 508 g/mol. The molecule has 0 saturated carbocycles. The summed E-state index contributed by atoms with van der Waals surface area (Å²) in [5.41, 5.74) is 1.82. The van der Waals surface area contributed by atoms with Crippen LogP contribution in [0.4, 0.5) is 0 Å². The van der Waals surface area contributed by atoms with Crippen LogP contribution in [-0.4, -0.2) is 45.6 Å². The molecule has 3 aromatic rings. The van der Waals surface area contributed by atoms with Crippen molar-refractivity contribution in [3.8, 4) is 23.0 Å². The van der Waals surface area contributed by atoms with E-state index in [4.69, 9.17) is 23.7 Å². The fraction of sp³-hybridized carbons (Fsp3) is 0.250. The summed E-state index contributed by atoms with van der Waals surface area (Å²) in [6.07, 6.45) is 3.39. The molecule has 1 aromatic heterocycles. The van der Waals surface area contributed by atoms with Crippen molar-refractivity contribution in [2.75, 3.05) is 35.0 Å². The average molecular weight is 537 g/mol. The van der Waals surface area contributed by atoms with E-state index in [-0.39, 0.29) is 11.1 Å². The molecule has 0 amide bonds. The van der Waals surface area contributed by atoms with Crippen LogP contribution in [-0.2, 0) is 9.53 Å². The number of rotatable bonds is 9. The van der Waals surface area contributed by atoms with E-state index in [9.17, 15) is 9.59 Å². The van der Waals surface area contributed by atoms with Crippen LogP contribution in [0, 0.1) is 0 Å². The van der Waals surface area contributed by atoms with E-state index in [0.717, 1.165) is 5.56 Å². The van der Waals surface area contributed by atoms with E-state index >= 15 is 0 Å². The number of nitrogens with zero attached hydrogens (tertiary/aromatic N) is 2. The number of fused-ring (bicyclic) bond motifs is 1. The summed E-state index contributed by atoms with van der Waals surface area (Å²) in [5, 5.41) is 0. The lowest BCUT2D eigenvalue weighted by Gasteiger charge is -2.25. The summed E-state index contributed by atoms with van der Waals surface area (Å²) < 4.78 is 29.0. The first-order chi connectivity index (χ1) is 18.4. The third kappa shape index (κ3) is 4.95. The van der Waals surface area contributed by atoms with Gasteiger partial charge in [0.15, 0.2) is 27.8 Å². The van der Waals surface area contributed by atoms with Crippen molar-refractivity contribution < 1.29 is 28.5 Å². The van der Waals surface area contributed by atoms with Gasteiger partial charge in [0.05, 0.1) is 50.3 Å². The average Bonchev–Trinajstić information content (AvgIpc) is 3.24. The number of hydrogen-bond acceptors (Lipinski definition) is 9. The van der Waals surface area contributed by atoms with E-state index in [2.05, 4.69) is 11.6 Å². The van der Waals surface area contributed by atoms with Gasteiger partial charge in [-0.2, -0.15) is 0 Å². The molecule has 10 heteroatoms. The molecule has 4 rings (SSSR count). The number of esters is 1. The first kappa shape index (κ1) is 26.7. The lowest BCUT2D eigenvalue weighted by Crippen LogP contribution is -2.39. The predicted molar refractivity (Wildman–Crippen MR) is 144 cm³/mol. The van der Waals surface area contributed by atoms with Crippen molar-refractivity contribution in [1.82, 2.24) is 4.57 Å². The largest absolute Gasteiger partial charge is 0.493 e. The molecular formula is C28H28N2O7S. The van der Waals surface area contributed by atoms with Gasteiger partial charge in [-0.15, -0.1) is 0 Å². The van der Waals surface area contributed by atoms with Gasteiger partial charge in [0.1, 0.15) is 6.61 Å². The molecule has 1 unspecified atom stereocenters. The molecule has 0 saturated heterocycles. The zero-order chi connectivity index (χ0) is 27.4. The molecule has 0 aliphatic carbocycles. The van der Waals surface area contributed by atoms with Gasteiger partial charge in [-0.3, -0.25) is 9.36 Å². The Bertz CT molecular complexity index is 1600. The standard InChI is InChI=1S/C28H28N2O7S/c1-7-12-37-20-11-9-18(15-22(20)35-5)25-24(27(32)36-6)16(2)29-28-30(25)26(31)23(38-28)14-17-8-10-19(33-3)21(13-17)34-4/h7-11,13-15,25H,1,12H2,2-6H3. The second-order valence-corrected chi connectivity index (χ2v) is 9.21. The summed E-state index contributed by atoms with van der Waals surface area (Å²) in [6.45, 7) is 5.69. The Labute approximate surface area is 223 Å². The minimum absolute atomic E-state index is 0.263. The molecule has 38 heavy (non-hydrogen) atoms. The van der Waals surface area contributed by atoms with Gasteiger partial charge in [-0.05, 0) is 48.4 Å². The Morgan fingerprint density at radius 1 is 1.03 bits per heavy atom. The smallest absolute Gasteiger partial charge is 0.338 e. The SMILES string of the molecule is C=CCOc1ccc(C2C(C(=O)OC)=C(C)N=c3sc(=Cc4ccc(OC)c(OC)c4)c(=O)n32)cc1OC. The molecule has 2 heterocycles.